The van der Waals surface area contributed by atoms with Gasteiger partial charge in [0, 0.05) is 38.0 Å². The van der Waals surface area contributed by atoms with E-state index in [1.807, 2.05) is 11.3 Å². The van der Waals surface area contributed by atoms with Gasteiger partial charge in [0.2, 0.25) is 0 Å². The number of para-hydroxylation sites is 3. The minimum Gasteiger partial charge on any atom is -0.457 e. The van der Waals surface area contributed by atoms with Crippen LogP contribution in [0.3, 0.4) is 0 Å². The van der Waals surface area contributed by atoms with Gasteiger partial charge in [-0.2, -0.15) is 0 Å². The van der Waals surface area contributed by atoms with E-state index in [0.717, 1.165) is 22.9 Å². The first-order valence-corrected chi connectivity index (χ1v) is 20.4. The van der Waals surface area contributed by atoms with Crippen molar-refractivity contribution in [2.24, 2.45) is 0 Å². The van der Waals surface area contributed by atoms with Gasteiger partial charge in [-0.1, -0.05) is 151 Å². The zero-order valence-electron chi connectivity index (χ0n) is 28.7. The Kier molecular flexibility index (Phi) is 6.84. The van der Waals surface area contributed by atoms with Gasteiger partial charge in [0.1, 0.15) is 11.5 Å². The average molecular weight is 711 g/mol. The first-order valence-electron chi connectivity index (χ1n) is 18.1. The Hall–Kier alpha value is -6.20. The van der Waals surface area contributed by atoms with Crippen LogP contribution < -0.4 is 25.2 Å². The van der Waals surface area contributed by atoms with Crippen LogP contribution in [0, 0.1) is 0 Å². The summed E-state index contributed by atoms with van der Waals surface area (Å²) in [5, 5.41) is 6.80. The molecule has 0 bridgehead atoms. The highest BCUT2D eigenvalue weighted by Gasteiger charge is 2.51. The van der Waals surface area contributed by atoms with Gasteiger partial charge in [-0.25, -0.2) is 0 Å². The number of rotatable bonds is 4. The molecule has 2 aliphatic heterocycles. The zero-order valence-corrected chi connectivity index (χ0v) is 30.6. The van der Waals surface area contributed by atoms with Crippen LogP contribution in [0.25, 0.3) is 20.2 Å². The largest absolute Gasteiger partial charge is 0.457 e. The summed E-state index contributed by atoms with van der Waals surface area (Å²) in [5.74, 6) is 1.81. The Balaban J connectivity index is 1.26. The molecule has 0 N–H and O–H groups in total. The number of ether oxygens (including phenoxy) is 1. The molecule has 2 aliphatic rings. The molecular weight excluding hydrogens is 679 g/mol. The molecule has 1 radical (unpaired) electrons. The van der Waals surface area contributed by atoms with Crippen molar-refractivity contribution in [1.29, 1.82) is 0 Å². The van der Waals surface area contributed by atoms with Crippen molar-refractivity contribution in [3.8, 4) is 11.5 Å². The highest BCUT2D eigenvalue weighted by molar-refractivity contribution is 7.26. The predicted molar refractivity (Wildman–Crippen MR) is 223 cm³/mol. The lowest BCUT2D eigenvalue weighted by Crippen LogP contribution is -2.62. The number of anilines is 3. The maximum absolute atomic E-state index is 6.74. The van der Waals surface area contributed by atoms with Crippen LogP contribution >= 0.6 is 11.3 Å². The second-order valence-electron chi connectivity index (χ2n) is 13.8. The molecule has 8 aromatic carbocycles. The molecule has 0 saturated heterocycles. The van der Waals surface area contributed by atoms with Crippen molar-refractivity contribution in [3.05, 3.63) is 216 Å². The van der Waals surface area contributed by atoms with Gasteiger partial charge in [0.25, 0.3) is 0 Å². The molecule has 4 heteroatoms. The summed E-state index contributed by atoms with van der Waals surface area (Å²) in [5.41, 5.74) is 7.86. The van der Waals surface area contributed by atoms with Crippen molar-refractivity contribution in [3.63, 3.8) is 0 Å². The molecule has 0 amide bonds. The summed E-state index contributed by atoms with van der Waals surface area (Å²) >= 11 is 1.87. The van der Waals surface area contributed by atoms with Crippen molar-refractivity contribution in [2.75, 3.05) is 4.90 Å². The molecule has 1 aromatic heterocycles. The number of benzene rings is 8. The van der Waals surface area contributed by atoms with Gasteiger partial charge in [-0.15, -0.1) is 11.3 Å². The Morgan fingerprint density at radius 1 is 0.453 bits per heavy atom. The molecule has 1 spiro atoms. The van der Waals surface area contributed by atoms with Crippen LogP contribution in [-0.4, -0.2) is 8.80 Å². The molecule has 0 atom stereocenters. The van der Waals surface area contributed by atoms with E-state index in [4.69, 9.17) is 4.74 Å². The second kappa shape index (κ2) is 11.9. The van der Waals surface area contributed by atoms with E-state index in [1.54, 1.807) is 0 Å². The Labute approximate surface area is 314 Å². The van der Waals surface area contributed by atoms with Gasteiger partial charge >= 0.3 is 0 Å². The van der Waals surface area contributed by atoms with Crippen LogP contribution in [0.4, 0.5) is 17.1 Å². The normalized spacial score (nSPS) is 13.9. The summed E-state index contributed by atoms with van der Waals surface area (Å²) in [6.45, 7) is 0. The fraction of sp³-hybridized carbons (Fsp3) is 0.0204. The quantitative estimate of drug-likeness (QED) is 0.169. The number of thiophene rings is 1. The Morgan fingerprint density at radius 3 is 1.83 bits per heavy atom. The molecular formula is C49H32NOSSi. The minimum absolute atomic E-state index is 0.595. The van der Waals surface area contributed by atoms with E-state index < -0.39 is 14.2 Å². The molecule has 0 saturated carbocycles. The van der Waals surface area contributed by atoms with Gasteiger partial charge in [-0.3, -0.25) is 0 Å². The zero-order chi connectivity index (χ0) is 34.9. The third-order valence-corrected chi connectivity index (χ3v) is 15.1. The summed E-state index contributed by atoms with van der Waals surface area (Å²) < 4.78 is 9.32. The third-order valence-electron chi connectivity index (χ3n) is 11.0. The average Bonchev–Trinajstić information content (AvgIpc) is 3.61. The van der Waals surface area contributed by atoms with Crippen molar-refractivity contribution in [2.45, 2.75) is 5.41 Å². The topological polar surface area (TPSA) is 12.5 Å². The van der Waals surface area contributed by atoms with Gasteiger partial charge in [0.05, 0.1) is 15.8 Å². The van der Waals surface area contributed by atoms with E-state index in [0.29, 0.717) is 0 Å². The summed E-state index contributed by atoms with van der Waals surface area (Å²) in [4.78, 5) is 2.47. The van der Waals surface area contributed by atoms with Gasteiger partial charge in [-0.05, 0) is 70.0 Å². The SMILES string of the molecule is c1ccc(N(c2ccc3c(c2)C2(c4ccccc4Oc4ccccc42)c2ccccc2[Si]3c2ccccc2)c2cccc3c2sc2ccccc23)cc1. The first kappa shape index (κ1) is 30.4. The van der Waals surface area contributed by atoms with Crippen LogP contribution in [0.1, 0.15) is 22.3 Å². The molecule has 53 heavy (non-hydrogen) atoms. The van der Waals surface area contributed by atoms with Crippen molar-refractivity contribution < 1.29 is 4.74 Å². The van der Waals surface area contributed by atoms with Crippen LogP contribution in [-0.2, 0) is 5.41 Å². The van der Waals surface area contributed by atoms with Gasteiger partial charge in [0.15, 0.2) is 8.80 Å². The summed E-state index contributed by atoms with van der Waals surface area (Å²) in [6.07, 6.45) is 0. The fourth-order valence-electron chi connectivity index (χ4n) is 8.92. The highest BCUT2D eigenvalue weighted by Crippen LogP contribution is 2.56. The monoisotopic (exact) mass is 710 g/mol. The smallest absolute Gasteiger partial charge is 0.155 e. The predicted octanol–water partition coefficient (Wildman–Crippen LogP) is 10.8. The van der Waals surface area contributed by atoms with E-state index >= 15 is 0 Å². The van der Waals surface area contributed by atoms with Gasteiger partial charge < -0.3 is 9.64 Å². The maximum Gasteiger partial charge on any atom is 0.155 e. The lowest BCUT2D eigenvalue weighted by molar-refractivity contribution is 0.435. The molecule has 0 aliphatic carbocycles. The lowest BCUT2D eigenvalue weighted by atomic mass is 9.63. The van der Waals surface area contributed by atoms with Crippen molar-refractivity contribution >= 4 is 72.9 Å². The number of nitrogens with zero attached hydrogens (tertiary/aromatic N) is 1. The lowest BCUT2D eigenvalue weighted by Gasteiger charge is -2.47. The molecule has 0 unspecified atom stereocenters. The minimum atomic E-state index is -1.40. The van der Waals surface area contributed by atoms with E-state index in [1.165, 1.54) is 63.7 Å². The van der Waals surface area contributed by atoms with Crippen LogP contribution in [0.15, 0.2) is 194 Å². The Bertz CT molecular complexity index is 2800. The Morgan fingerprint density at radius 2 is 1.06 bits per heavy atom. The standard InChI is InChI=1S/C49H32NOSSi/c1-3-16-33(17-4-1)50(42-25-15-21-37-36-20-7-13-28-45(36)52-48(37)42)34-30-31-47-41(32-34)49(38-22-8-11-26-43(38)51-44-27-12-9-23-39(44)49)40-24-10-14-29-46(40)53(47)35-18-5-2-6-19-35/h1-32H. The number of hydrogen-bond acceptors (Lipinski definition) is 3. The van der Waals surface area contributed by atoms with Crippen molar-refractivity contribution in [1.82, 2.24) is 0 Å². The first-order chi connectivity index (χ1) is 26.3. The molecule has 3 heterocycles. The molecule has 2 nitrogen and oxygen atoms in total. The summed E-state index contributed by atoms with van der Waals surface area (Å²) in [6, 6.07) is 71.4. The molecule has 249 valence electrons. The van der Waals surface area contributed by atoms with E-state index in [9.17, 15) is 0 Å². The van der Waals surface area contributed by atoms with Crippen LogP contribution in [0.2, 0.25) is 0 Å². The number of fused-ring (bicyclic) bond motifs is 11. The summed E-state index contributed by atoms with van der Waals surface area (Å²) in [7, 11) is -1.40. The molecule has 9 aromatic rings. The number of hydrogen-bond donors (Lipinski definition) is 0. The van der Waals surface area contributed by atoms with E-state index in [-0.39, 0.29) is 0 Å². The molecule has 0 fully saturated rings. The van der Waals surface area contributed by atoms with E-state index in [2.05, 4.69) is 199 Å². The maximum atomic E-state index is 6.74. The third kappa shape index (κ3) is 4.43. The highest BCUT2D eigenvalue weighted by atomic mass is 32.1. The fourth-order valence-corrected chi connectivity index (χ4v) is 13.1. The van der Waals surface area contributed by atoms with Crippen LogP contribution in [0.5, 0.6) is 11.5 Å². The molecule has 11 rings (SSSR count). The second-order valence-corrected chi connectivity index (χ2v) is 17.2.